The number of carboxylic acid groups (broad SMARTS) is 1. The standard InChI is InChI=1S/C24H30ClNO3/c1-16(2)19-15-26(12-10-22(28)29)21(27)14-24(19,6)18-8-7-17(20(25)13-18)9-11-23(3,4)5/h7-8,13,15-16H,10,12,14H2,1-6H3,(H,28,29)/t24-/m0/s1. The van der Waals surface area contributed by atoms with Crippen LogP contribution in [-0.4, -0.2) is 28.4 Å². The third-order valence-corrected chi connectivity index (χ3v) is 5.44. The smallest absolute Gasteiger partial charge is 0.305 e. The SMILES string of the molecule is CC(C)C1=CN(CCC(=O)O)C(=O)C[C@@]1(C)c1ccc(C#CC(C)(C)C)c(Cl)c1. The van der Waals surface area contributed by atoms with Crippen LogP contribution in [0.5, 0.6) is 0 Å². The molecule has 0 aromatic heterocycles. The highest BCUT2D eigenvalue weighted by Gasteiger charge is 2.40. The summed E-state index contributed by atoms with van der Waals surface area (Å²) in [6.07, 6.45) is 2.04. The molecular formula is C24H30ClNO3. The minimum atomic E-state index is -0.913. The average Bonchev–Trinajstić information content (AvgIpc) is 2.58. The number of carbonyl (C=O) groups excluding carboxylic acids is 1. The lowest BCUT2D eigenvalue weighted by Crippen LogP contribution is -2.42. The van der Waals surface area contributed by atoms with Gasteiger partial charge in [0.05, 0.1) is 11.4 Å². The lowest BCUT2D eigenvalue weighted by atomic mass is 9.68. The van der Waals surface area contributed by atoms with E-state index >= 15 is 0 Å². The summed E-state index contributed by atoms with van der Waals surface area (Å²) in [4.78, 5) is 25.2. The zero-order valence-corrected chi connectivity index (χ0v) is 18.9. The molecule has 0 saturated heterocycles. The summed E-state index contributed by atoms with van der Waals surface area (Å²) in [5, 5.41) is 9.53. The molecule has 1 N–H and O–H groups in total. The van der Waals surface area contributed by atoms with E-state index in [9.17, 15) is 9.59 Å². The Bertz CT molecular complexity index is 899. The van der Waals surface area contributed by atoms with Crippen molar-refractivity contribution in [3.63, 3.8) is 0 Å². The molecular weight excluding hydrogens is 386 g/mol. The molecule has 1 aliphatic heterocycles. The van der Waals surface area contributed by atoms with Gasteiger partial charge in [-0.15, -0.1) is 0 Å². The largest absolute Gasteiger partial charge is 0.481 e. The quantitative estimate of drug-likeness (QED) is 0.669. The van der Waals surface area contributed by atoms with Gasteiger partial charge in [0.25, 0.3) is 0 Å². The molecule has 1 heterocycles. The predicted molar refractivity (Wildman–Crippen MR) is 117 cm³/mol. The molecule has 0 radical (unpaired) electrons. The number of nitrogens with zero attached hydrogens (tertiary/aromatic N) is 1. The first-order valence-electron chi connectivity index (χ1n) is 9.90. The van der Waals surface area contributed by atoms with E-state index < -0.39 is 11.4 Å². The van der Waals surface area contributed by atoms with Gasteiger partial charge in [-0.1, -0.05) is 50.3 Å². The lowest BCUT2D eigenvalue weighted by molar-refractivity contribution is -0.138. The molecule has 1 aliphatic rings. The molecule has 4 nitrogen and oxygen atoms in total. The van der Waals surface area contributed by atoms with Crippen LogP contribution in [0.3, 0.4) is 0 Å². The van der Waals surface area contributed by atoms with Crippen LogP contribution < -0.4 is 0 Å². The monoisotopic (exact) mass is 415 g/mol. The van der Waals surface area contributed by atoms with E-state index in [1.54, 1.807) is 0 Å². The zero-order chi connectivity index (χ0) is 22.0. The topological polar surface area (TPSA) is 57.6 Å². The van der Waals surface area contributed by atoms with E-state index in [1.807, 2.05) is 45.2 Å². The van der Waals surface area contributed by atoms with Crippen LogP contribution in [0, 0.1) is 23.2 Å². The van der Waals surface area contributed by atoms with Gasteiger partial charge in [0.2, 0.25) is 5.91 Å². The number of hydrogen-bond acceptors (Lipinski definition) is 2. The van der Waals surface area contributed by atoms with Gasteiger partial charge >= 0.3 is 5.97 Å². The number of allylic oxidation sites excluding steroid dienone is 1. The Morgan fingerprint density at radius 3 is 2.52 bits per heavy atom. The Hall–Kier alpha value is -2.25. The second-order valence-electron chi connectivity index (χ2n) is 9.17. The van der Waals surface area contributed by atoms with E-state index in [0.717, 1.165) is 16.7 Å². The number of amides is 1. The van der Waals surface area contributed by atoms with E-state index in [2.05, 4.69) is 32.6 Å². The van der Waals surface area contributed by atoms with Crippen molar-refractivity contribution in [3.8, 4) is 11.8 Å². The van der Waals surface area contributed by atoms with Crippen LogP contribution in [0.4, 0.5) is 0 Å². The Balaban J connectivity index is 2.44. The second-order valence-corrected chi connectivity index (χ2v) is 9.58. The summed E-state index contributed by atoms with van der Waals surface area (Å²) >= 11 is 6.53. The van der Waals surface area contributed by atoms with Gasteiger partial charge in [0, 0.05) is 35.6 Å². The maximum atomic E-state index is 12.8. The zero-order valence-electron chi connectivity index (χ0n) is 18.1. The van der Waals surface area contributed by atoms with Crippen molar-refractivity contribution in [1.29, 1.82) is 0 Å². The molecule has 0 bridgehead atoms. The fourth-order valence-electron chi connectivity index (χ4n) is 3.56. The van der Waals surface area contributed by atoms with Crippen LogP contribution in [0.1, 0.15) is 65.5 Å². The summed E-state index contributed by atoms with van der Waals surface area (Å²) in [5.74, 6) is 5.54. The van der Waals surface area contributed by atoms with Crippen LogP contribution in [0.15, 0.2) is 30.0 Å². The molecule has 0 saturated carbocycles. The van der Waals surface area contributed by atoms with E-state index in [1.165, 1.54) is 4.90 Å². The molecule has 156 valence electrons. The number of rotatable bonds is 5. The van der Waals surface area contributed by atoms with Crippen molar-refractivity contribution in [3.05, 3.63) is 46.1 Å². The first kappa shape index (κ1) is 23.0. The summed E-state index contributed by atoms with van der Waals surface area (Å²) in [7, 11) is 0. The Morgan fingerprint density at radius 2 is 2.00 bits per heavy atom. The van der Waals surface area contributed by atoms with Gasteiger partial charge in [0.1, 0.15) is 0 Å². The number of carboxylic acids is 1. The molecule has 1 aromatic carbocycles. The van der Waals surface area contributed by atoms with Gasteiger partial charge in [0.15, 0.2) is 0 Å². The van der Waals surface area contributed by atoms with Gasteiger partial charge in [-0.2, -0.15) is 0 Å². The fourth-order valence-corrected chi connectivity index (χ4v) is 3.79. The summed E-state index contributed by atoms with van der Waals surface area (Å²) in [5.41, 5.74) is 2.22. The van der Waals surface area contributed by atoms with E-state index in [0.29, 0.717) is 5.02 Å². The van der Waals surface area contributed by atoms with Crippen molar-refractivity contribution in [2.75, 3.05) is 6.54 Å². The first-order valence-corrected chi connectivity index (χ1v) is 10.3. The first-order chi connectivity index (χ1) is 13.3. The van der Waals surface area contributed by atoms with Crippen LogP contribution in [0.2, 0.25) is 5.02 Å². The van der Waals surface area contributed by atoms with Crippen LogP contribution in [-0.2, 0) is 15.0 Å². The second kappa shape index (κ2) is 8.63. The maximum Gasteiger partial charge on any atom is 0.305 e. The molecule has 1 atom stereocenters. The Labute approximate surface area is 178 Å². The fraction of sp³-hybridized carbons (Fsp3) is 0.500. The number of benzene rings is 1. The Morgan fingerprint density at radius 1 is 1.34 bits per heavy atom. The van der Waals surface area contributed by atoms with Crippen molar-refractivity contribution in [1.82, 2.24) is 4.90 Å². The average molecular weight is 416 g/mol. The molecule has 0 unspecified atom stereocenters. The Kier molecular flexibility index (Phi) is 6.86. The molecule has 29 heavy (non-hydrogen) atoms. The predicted octanol–water partition coefficient (Wildman–Crippen LogP) is 5.24. The number of halogens is 1. The molecule has 1 aromatic rings. The van der Waals surface area contributed by atoms with Gasteiger partial charge in [-0.3, -0.25) is 9.59 Å². The van der Waals surface area contributed by atoms with Crippen LogP contribution >= 0.6 is 11.6 Å². The highest BCUT2D eigenvalue weighted by Crippen LogP contribution is 2.43. The van der Waals surface area contributed by atoms with Crippen molar-refractivity contribution < 1.29 is 14.7 Å². The van der Waals surface area contributed by atoms with Gasteiger partial charge < -0.3 is 10.0 Å². The maximum absolute atomic E-state index is 12.8. The lowest BCUT2D eigenvalue weighted by Gasteiger charge is -2.41. The summed E-state index contributed by atoms with van der Waals surface area (Å²) < 4.78 is 0. The third-order valence-electron chi connectivity index (χ3n) is 5.12. The highest BCUT2D eigenvalue weighted by atomic mass is 35.5. The summed E-state index contributed by atoms with van der Waals surface area (Å²) in [6.45, 7) is 12.5. The molecule has 0 fully saturated rings. The van der Waals surface area contributed by atoms with Gasteiger partial charge in [-0.25, -0.2) is 0 Å². The van der Waals surface area contributed by atoms with Crippen LogP contribution in [0.25, 0.3) is 0 Å². The number of aliphatic carboxylic acids is 1. The highest BCUT2D eigenvalue weighted by molar-refractivity contribution is 6.31. The van der Waals surface area contributed by atoms with Crippen molar-refractivity contribution in [2.45, 2.75) is 59.8 Å². The number of hydrogen-bond donors (Lipinski definition) is 1. The minimum Gasteiger partial charge on any atom is -0.481 e. The van der Waals surface area contributed by atoms with Crippen molar-refractivity contribution in [2.24, 2.45) is 11.3 Å². The molecule has 2 rings (SSSR count). The normalized spacial score (nSPS) is 19.7. The molecule has 1 amide bonds. The third kappa shape index (κ3) is 5.64. The van der Waals surface area contributed by atoms with Gasteiger partial charge in [-0.05, 0) is 50.0 Å². The minimum absolute atomic E-state index is 0.0721. The van der Waals surface area contributed by atoms with E-state index in [-0.39, 0.29) is 36.6 Å². The summed E-state index contributed by atoms with van der Waals surface area (Å²) in [6, 6.07) is 5.82. The molecule has 5 heteroatoms. The van der Waals surface area contributed by atoms with Crippen molar-refractivity contribution >= 4 is 23.5 Å². The van der Waals surface area contributed by atoms with E-state index in [4.69, 9.17) is 16.7 Å². The molecule has 0 aliphatic carbocycles. The number of carbonyl (C=O) groups is 2. The molecule has 0 spiro atoms.